The van der Waals surface area contributed by atoms with Gasteiger partial charge in [-0.25, -0.2) is 0 Å². The minimum atomic E-state index is -0.597. The molecule has 2 rings (SSSR count). The number of rotatable bonds is 4. The van der Waals surface area contributed by atoms with Gasteiger partial charge in [0.15, 0.2) is 0 Å². The average Bonchev–Trinajstić information content (AvgIpc) is 2.71. The zero-order valence-corrected chi connectivity index (χ0v) is 10.6. The summed E-state index contributed by atoms with van der Waals surface area (Å²) in [6.45, 7) is 2.01. The molecule has 1 saturated heterocycles. The monoisotopic (exact) mass is 254 g/mol. The third-order valence-electron chi connectivity index (χ3n) is 3.22. The van der Waals surface area contributed by atoms with Crippen LogP contribution < -0.4 is 11.1 Å². The summed E-state index contributed by atoms with van der Waals surface area (Å²) >= 11 is 1.68. The molecule has 94 valence electrons. The second-order valence-electron chi connectivity index (χ2n) is 4.35. The highest BCUT2D eigenvalue weighted by atomic mass is 32.1. The molecule has 0 radical (unpaired) electrons. The van der Waals surface area contributed by atoms with Crippen LogP contribution in [0.3, 0.4) is 0 Å². The highest BCUT2D eigenvalue weighted by Gasteiger charge is 2.36. The van der Waals surface area contributed by atoms with Crippen LogP contribution in [0.25, 0.3) is 0 Å². The van der Waals surface area contributed by atoms with Crippen LogP contribution in [0.4, 0.5) is 0 Å². The molecule has 0 aliphatic carbocycles. The third kappa shape index (κ3) is 3.06. The molecule has 1 fully saturated rings. The molecule has 0 aromatic carbocycles. The number of carbonyl (C=O) groups excluding carboxylic acids is 1. The van der Waals surface area contributed by atoms with Crippen LogP contribution in [-0.2, 0) is 16.1 Å². The summed E-state index contributed by atoms with van der Waals surface area (Å²) in [6.07, 6.45) is 2.29. The van der Waals surface area contributed by atoms with Gasteiger partial charge in [-0.3, -0.25) is 10.1 Å². The van der Waals surface area contributed by atoms with Gasteiger partial charge in [-0.2, -0.15) is 0 Å². The van der Waals surface area contributed by atoms with E-state index in [0.717, 1.165) is 19.4 Å². The van der Waals surface area contributed by atoms with Gasteiger partial charge in [-0.15, -0.1) is 11.3 Å². The van der Waals surface area contributed by atoms with Crippen LogP contribution in [0.5, 0.6) is 0 Å². The lowest BCUT2D eigenvalue weighted by Crippen LogP contribution is -2.55. The average molecular weight is 254 g/mol. The molecular weight excluding hydrogens is 236 g/mol. The van der Waals surface area contributed by atoms with E-state index in [-0.39, 0.29) is 5.91 Å². The standard InChI is InChI=1S/C12H18N2O2S/c13-11(15)12(4-2-6-16-7-5-12)14-9-10-3-1-8-17-10/h1,3,8,14H,2,4-7,9H2,(H2,13,15). The van der Waals surface area contributed by atoms with E-state index in [4.69, 9.17) is 10.5 Å². The Morgan fingerprint density at radius 3 is 3.12 bits per heavy atom. The molecule has 1 aliphatic rings. The largest absolute Gasteiger partial charge is 0.381 e. The number of carbonyl (C=O) groups is 1. The number of nitrogens with two attached hydrogens (primary N) is 1. The van der Waals surface area contributed by atoms with Crippen molar-refractivity contribution in [1.82, 2.24) is 5.32 Å². The fourth-order valence-corrected chi connectivity index (χ4v) is 2.77. The Hall–Kier alpha value is -0.910. The second kappa shape index (κ2) is 5.62. The first-order chi connectivity index (χ1) is 8.23. The van der Waals surface area contributed by atoms with Gasteiger partial charge in [0.2, 0.25) is 5.91 Å². The van der Waals surface area contributed by atoms with Crippen LogP contribution in [0.15, 0.2) is 17.5 Å². The van der Waals surface area contributed by atoms with Gasteiger partial charge in [0.1, 0.15) is 5.54 Å². The molecule has 0 bridgehead atoms. The molecule has 0 spiro atoms. The van der Waals surface area contributed by atoms with Crippen molar-refractivity contribution in [1.29, 1.82) is 0 Å². The predicted octanol–water partition coefficient (Wildman–Crippen LogP) is 1.26. The summed E-state index contributed by atoms with van der Waals surface area (Å²) in [7, 11) is 0. The number of thiophene rings is 1. The van der Waals surface area contributed by atoms with Crippen molar-refractivity contribution in [2.45, 2.75) is 31.3 Å². The Morgan fingerprint density at radius 2 is 2.41 bits per heavy atom. The van der Waals surface area contributed by atoms with E-state index in [1.165, 1.54) is 4.88 Å². The highest BCUT2D eigenvalue weighted by molar-refractivity contribution is 7.09. The van der Waals surface area contributed by atoms with Gasteiger partial charge in [0.05, 0.1) is 0 Å². The second-order valence-corrected chi connectivity index (χ2v) is 5.38. The summed E-state index contributed by atoms with van der Waals surface area (Å²) in [4.78, 5) is 12.9. The molecule has 1 aromatic heterocycles. The zero-order valence-electron chi connectivity index (χ0n) is 9.78. The summed E-state index contributed by atoms with van der Waals surface area (Å²) in [5.41, 5.74) is 4.96. The van der Waals surface area contributed by atoms with Crippen molar-refractivity contribution >= 4 is 17.2 Å². The lowest BCUT2D eigenvalue weighted by atomic mass is 9.89. The Morgan fingerprint density at radius 1 is 1.53 bits per heavy atom. The highest BCUT2D eigenvalue weighted by Crippen LogP contribution is 2.22. The first kappa shape index (κ1) is 12.5. The normalized spacial score (nSPS) is 25.4. The SMILES string of the molecule is NC(=O)C1(NCc2cccs2)CCCOCC1. The van der Waals surface area contributed by atoms with E-state index in [1.54, 1.807) is 11.3 Å². The fourth-order valence-electron chi connectivity index (χ4n) is 2.13. The van der Waals surface area contributed by atoms with Gasteiger partial charge in [0.25, 0.3) is 0 Å². The fraction of sp³-hybridized carbons (Fsp3) is 0.583. The molecule has 1 amide bonds. The molecule has 1 aliphatic heterocycles. The first-order valence-corrected chi connectivity index (χ1v) is 6.76. The van der Waals surface area contributed by atoms with Crippen molar-refractivity contribution in [2.24, 2.45) is 5.73 Å². The van der Waals surface area contributed by atoms with Gasteiger partial charge in [-0.05, 0) is 30.7 Å². The van der Waals surface area contributed by atoms with Crippen molar-refractivity contribution in [3.63, 3.8) is 0 Å². The quantitative estimate of drug-likeness (QED) is 0.850. The van der Waals surface area contributed by atoms with E-state index in [0.29, 0.717) is 19.6 Å². The molecule has 1 atom stereocenters. The van der Waals surface area contributed by atoms with Gasteiger partial charge >= 0.3 is 0 Å². The number of hydrogen-bond acceptors (Lipinski definition) is 4. The third-order valence-corrected chi connectivity index (χ3v) is 4.09. The van der Waals surface area contributed by atoms with Crippen molar-refractivity contribution in [2.75, 3.05) is 13.2 Å². The Balaban J connectivity index is 2.02. The smallest absolute Gasteiger partial charge is 0.237 e. The van der Waals surface area contributed by atoms with Gasteiger partial charge in [-0.1, -0.05) is 6.07 Å². The van der Waals surface area contributed by atoms with Crippen molar-refractivity contribution < 1.29 is 9.53 Å². The van der Waals surface area contributed by atoms with Crippen LogP contribution >= 0.6 is 11.3 Å². The van der Waals surface area contributed by atoms with E-state index in [9.17, 15) is 4.79 Å². The summed E-state index contributed by atoms with van der Waals surface area (Å²) < 4.78 is 5.39. The van der Waals surface area contributed by atoms with E-state index < -0.39 is 5.54 Å². The molecular formula is C12H18N2O2S. The summed E-state index contributed by atoms with van der Waals surface area (Å²) in [5, 5.41) is 5.36. The van der Waals surface area contributed by atoms with Crippen molar-refractivity contribution in [3.8, 4) is 0 Å². The first-order valence-electron chi connectivity index (χ1n) is 5.88. The van der Waals surface area contributed by atoms with Gasteiger partial charge in [0, 0.05) is 24.6 Å². The Kier molecular flexibility index (Phi) is 4.15. The van der Waals surface area contributed by atoms with Crippen molar-refractivity contribution in [3.05, 3.63) is 22.4 Å². The number of hydrogen-bond donors (Lipinski definition) is 2. The zero-order chi connectivity index (χ0) is 12.1. The Bertz CT molecular complexity index is 357. The number of nitrogens with one attached hydrogen (secondary N) is 1. The van der Waals surface area contributed by atoms with Crippen LogP contribution in [0, 0.1) is 0 Å². The van der Waals surface area contributed by atoms with Crippen LogP contribution in [0.2, 0.25) is 0 Å². The predicted molar refractivity (Wildman–Crippen MR) is 67.8 cm³/mol. The summed E-state index contributed by atoms with van der Waals surface area (Å²) in [5.74, 6) is -0.264. The number of primary amides is 1. The van der Waals surface area contributed by atoms with Crippen LogP contribution in [0.1, 0.15) is 24.1 Å². The molecule has 5 heteroatoms. The molecule has 1 aromatic rings. The molecule has 17 heavy (non-hydrogen) atoms. The van der Waals surface area contributed by atoms with Gasteiger partial charge < -0.3 is 10.5 Å². The molecule has 4 nitrogen and oxygen atoms in total. The molecule has 0 saturated carbocycles. The topological polar surface area (TPSA) is 64.4 Å². The maximum atomic E-state index is 11.7. The molecule has 1 unspecified atom stereocenters. The summed E-state index contributed by atoms with van der Waals surface area (Å²) in [6, 6.07) is 4.06. The minimum absolute atomic E-state index is 0.264. The lowest BCUT2D eigenvalue weighted by Gasteiger charge is -2.29. The lowest BCUT2D eigenvalue weighted by molar-refractivity contribution is -0.125. The number of amides is 1. The minimum Gasteiger partial charge on any atom is -0.381 e. The maximum absolute atomic E-state index is 11.7. The Labute approximate surface area is 105 Å². The van der Waals surface area contributed by atoms with E-state index >= 15 is 0 Å². The molecule has 2 heterocycles. The maximum Gasteiger partial charge on any atom is 0.237 e. The van der Waals surface area contributed by atoms with E-state index in [1.807, 2.05) is 11.4 Å². The van der Waals surface area contributed by atoms with E-state index in [2.05, 4.69) is 11.4 Å². The van der Waals surface area contributed by atoms with Crippen LogP contribution in [-0.4, -0.2) is 24.7 Å². The number of ether oxygens (including phenoxy) is 1. The molecule has 3 N–H and O–H groups in total.